The standard InChI is InChI=1S/C19H28F2/c1-17-9-5-6-14(17)13-12-19(20,21)16-7-3-4-10-18(16,2)15(13)8-11-17/h7,13-15H,3-6,8-12H2,1-2H3/t13-,14-,15-,17-,18+/m0/s1. The molecule has 118 valence electrons. The maximum Gasteiger partial charge on any atom is 0.270 e. The lowest BCUT2D eigenvalue weighted by Crippen LogP contribution is -2.54. The Morgan fingerprint density at radius 3 is 2.62 bits per heavy atom. The topological polar surface area (TPSA) is 0 Å². The van der Waals surface area contributed by atoms with Crippen LogP contribution in [0.15, 0.2) is 11.6 Å². The second-order valence-corrected chi connectivity index (χ2v) is 8.80. The summed E-state index contributed by atoms with van der Waals surface area (Å²) in [4.78, 5) is 0. The van der Waals surface area contributed by atoms with Gasteiger partial charge in [0.05, 0.1) is 0 Å². The third-order valence-electron chi connectivity index (χ3n) is 7.79. The van der Waals surface area contributed by atoms with E-state index in [1.54, 1.807) is 0 Å². The molecule has 5 atom stereocenters. The van der Waals surface area contributed by atoms with Gasteiger partial charge in [-0.05, 0) is 73.5 Å². The zero-order chi connectivity index (χ0) is 14.9. The fraction of sp³-hybridized carbons (Fsp3) is 0.895. The third kappa shape index (κ3) is 1.83. The molecule has 4 rings (SSSR count). The second-order valence-electron chi connectivity index (χ2n) is 8.80. The number of hydrogen-bond donors (Lipinski definition) is 0. The predicted molar refractivity (Wildman–Crippen MR) is 81.3 cm³/mol. The molecule has 2 heteroatoms. The van der Waals surface area contributed by atoms with E-state index in [1.807, 2.05) is 6.08 Å². The van der Waals surface area contributed by atoms with Crippen LogP contribution < -0.4 is 0 Å². The van der Waals surface area contributed by atoms with Crippen molar-refractivity contribution in [3.05, 3.63) is 11.6 Å². The van der Waals surface area contributed by atoms with Gasteiger partial charge >= 0.3 is 0 Å². The van der Waals surface area contributed by atoms with Crippen molar-refractivity contribution in [1.29, 1.82) is 0 Å². The molecule has 0 N–H and O–H groups in total. The fourth-order valence-electron chi connectivity index (χ4n) is 6.80. The van der Waals surface area contributed by atoms with Crippen LogP contribution in [0.4, 0.5) is 8.78 Å². The van der Waals surface area contributed by atoms with Crippen LogP contribution in [0.25, 0.3) is 0 Å². The lowest BCUT2D eigenvalue weighted by molar-refractivity contribution is -0.123. The van der Waals surface area contributed by atoms with Crippen molar-refractivity contribution in [2.45, 2.75) is 77.6 Å². The van der Waals surface area contributed by atoms with Crippen LogP contribution >= 0.6 is 0 Å². The molecule has 3 fully saturated rings. The van der Waals surface area contributed by atoms with E-state index in [0.717, 1.165) is 19.3 Å². The Balaban J connectivity index is 1.77. The maximum atomic E-state index is 14.9. The monoisotopic (exact) mass is 294 g/mol. The lowest BCUT2D eigenvalue weighted by atomic mass is 9.47. The highest BCUT2D eigenvalue weighted by molar-refractivity contribution is 5.30. The van der Waals surface area contributed by atoms with Gasteiger partial charge in [-0.15, -0.1) is 0 Å². The van der Waals surface area contributed by atoms with Crippen LogP contribution in [0.1, 0.15) is 71.6 Å². The maximum absolute atomic E-state index is 14.9. The Hall–Kier alpha value is -0.400. The summed E-state index contributed by atoms with van der Waals surface area (Å²) in [7, 11) is 0. The van der Waals surface area contributed by atoms with E-state index in [0.29, 0.717) is 22.8 Å². The molecule has 0 bridgehead atoms. The van der Waals surface area contributed by atoms with Crippen molar-refractivity contribution < 1.29 is 8.78 Å². The number of hydrogen-bond acceptors (Lipinski definition) is 0. The second kappa shape index (κ2) is 4.32. The first-order valence-corrected chi connectivity index (χ1v) is 8.96. The van der Waals surface area contributed by atoms with Gasteiger partial charge in [0, 0.05) is 12.0 Å². The number of fused-ring (bicyclic) bond motifs is 5. The molecule has 0 nitrogen and oxygen atoms in total. The highest BCUT2D eigenvalue weighted by Gasteiger charge is 2.62. The molecule has 0 aromatic rings. The van der Waals surface area contributed by atoms with E-state index in [-0.39, 0.29) is 17.8 Å². The molecule has 0 aromatic carbocycles. The minimum Gasteiger partial charge on any atom is -0.202 e. The van der Waals surface area contributed by atoms with Crippen LogP contribution in [0.2, 0.25) is 0 Å². The number of allylic oxidation sites excluding steroid dienone is 2. The smallest absolute Gasteiger partial charge is 0.202 e. The molecule has 0 saturated heterocycles. The molecular weight excluding hydrogens is 266 g/mol. The van der Waals surface area contributed by atoms with Gasteiger partial charge in [0.2, 0.25) is 0 Å². The molecule has 0 aliphatic heterocycles. The van der Waals surface area contributed by atoms with Crippen molar-refractivity contribution in [2.75, 3.05) is 0 Å². The molecule has 3 saturated carbocycles. The van der Waals surface area contributed by atoms with Crippen molar-refractivity contribution in [3.8, 4) is 0 Å². The lowest BCUT2D eigenvalue weighted by Gasteiger charge is -2.59. The Kier molecular flexibility index (Phi) is 2.93. The highest BCUT2D eigenvalue weighted by atomic mass is 19.3. The third-order valence-corrected chi connectivity index (χ3v) is 7.79. The molecule has 0 radical (unpaired) electrons. The summed E-state index contributed by atoms with van der Waals surface area (Å²) in [6.45, 7) is 4.55. The van der Waals surface area contributed by atoms with Crippen LogP contribution in [0.3, 0.4) is 0 Å². The minimum atomic E-state index is -2.54. The van der Waals surface area contributed by atoms with Gasteiger partial charge in [0.25, 0.3) is 5.92 Å². The SMILES string of the molecule is C[C@@]12CCC[C@H]1[C@@H]1CC(F)(F)C3=CCCC[C@]3(C)[C@H]1CC2. The van der Waals surface area contributed by atoms with Gasteiger partial charge in [-0.25, -0.2) is 8.78 Å². The quantitative estimate of drug-likeness (QED) is 0.482. The largest absolute Gasteiger partial charge is 0.270 e. The van der Waals surface area contributed by atoms with E-state index >= 15 is 0 Å². The average Bonchev–Trinajstić information content (AvgIpc) is 2.80. The van der Waals surface area contributed by atoms with E-state index in [9.17, 15) is 8.78 Å². The molecule has 0 aromatic heterocycles. The van der Waals surface area contributed by atoms with Gasteiger partial charge in [-0.1, -0.05) is 26.3 Å². The Bertz CT molecular complexity index is 480. The van der Waals surface area contributed by atoms with Gasteiger partial charge in [-0.2, -0.15) is 0 Å². The number of halogens is 2. The first-order chi connectivity index (χ1) is 9.87. The van der Waals surface area contributed by atoms with Crippen LogP contribution in [0.5, 0.6) is 0 Å². The highest BCUT2D eigenvalue weighted by Crippen LogP contribution is 2.67. The fourth-order valence-corrected chi connectivity index (χ4v) is 6.80. The minimum absolute atomic E-state index is 0.138. The molecule has 0 amide bonds. The zero-order valence-corrected chi connectivity index (χ0v) is 13.4. The van der Waals surface area contributed by atoms with Crippen LogP contribution in [0, 0.1) is 28.6 Å². The molecular formula is C19H28F2. The molecule has 21 heavy (non-hydrogen) atoms. The van der Waals surface area contributed by atoms with Crippen molar-refractivity contribution in [2.24, 2.45) is 28.6 Å². The summed E-state index contributed by atoms with van der Waals surface area (Å²) in [5.74, 6) is -1.21. The van der Waals surface area contributed by atoms with Crippen molar-refractivity contribution >= 4 is 0 Å². The molecule has 4 aliphatic carbocycles. The van der Waals surface area contributed by atoms with Crippen LogP contribution in [-0.2, 0) is 0 Å². The summed E-state index contributed by atoms with van der Waals surface area (Å²) in [5, 5.41) is 0. The molecule has 0 heterocycles. The summed E-state index contributed by atoms with van der Waals surface area (Å²) in [6.07, 6.45) is 11.2. The normalized spacial score (nSPS) is 51.6. The van der Waals surface area contributed by atoms with Crippen molar-refractivity contribution in [3.63, 3.8) is 0 Å². The average molecular weight is 294 g/mol. The molecule has 0 spiro atoms. The number of alkyl halides is 2. The van der Waals surface area contributed by atoms with Gasteiger partial charge in [-0.3, -0.25) is 0 Å². The Morgan fingerprint density at radius 1 is 1.00 bits per heavy atom. The van der Waals surface area contributed by atoms with E-state index in [4.69, 9.17) is 0 Å². The van der Waals surface area contributed by atoms with Crippen molar-refractivity contribution in [1.82, 2.24) is 0 Å². The Morgan fingerprint density at radius 2 is 1.81 bits per heavy atom. The first-order valence-electron chi connectivity index (χ1n) is 8.96. The molecule has 0 unspecified atom stereocenters. The van der Waals surface area contributed by atoms with Gasteiger partial charge in [0.1, 0.15) is 0 Å². The van der Waals surface area contributed by atoms with E-state index in [1.165, 1.54) is 32.1 Å². The van der Waals surface area contributed by atoms with E-state index < -0.39 is 5.92 Å². The molecule has 4 aliphatic rings. The van der Waals surface area contributed by atoms with Gasteiger partial charge in [0.15, 0.2) is 0 Å². The number of rotatable bonds is 0. The van der Waals surface area contributed by atoms with Crippen LogP contribution in [-0.4, -0.2) is 5.92 Å². The zero-order valence-electron chi connectivity index (χ0n) is 13.4. The summed E-state index contributed by atoms with van der Waals surface area (Å²) in [6, 6.07) is 0. The van der Waals surface area contributed by atoms with E-state index in [2.05, 4.69) is 13.8 Å². The van der Waals surface area contributed by atoms with Gasteiger partial charge < -0.3 is 0 Å². The first kappa shape index (κ1) is 14.2. The summed E-state index contributed by atoms with van der Waals surface area (Å²) >= 11 is 0. The Labute approximate surface area is 127 Å². The predicted octanol–water partition coefficient (Wildman–Crippen LogP) is 5.97. The summed E-state index contributed by atoms with van der Waals surface area (Å²) < 4.78 is 29.7. The summed E-state index contributed by atoms with van der Waals surface area (Å²) in [5.41, 5.74) is 0.669.